The van der Waals surface area contributed by atoms with E-state index in [1.807, 2.05) is 30.3 Å². The predicted molar refractivity (Wildman–Crippen MR) is 158 cm³/mol. The summed E-state index contributed by atoms with van der Waals surface area (Å²) in [5, 5.41) is 5.85. The van der Waals surface area contributed by atoms with Gasteiger partial charge in [-0.05, 0) is 62.9 Å². The molecule has 0 aliphatic carbocycles. The Morgan fingerprint density at radius 3 is 2.53 bits per heavy atom. The van der Waals surface area contributed by atoms with E-state index in [-0.39, 0.29) is 11.3 Å². The van der Waals surface area contributed by atoms with Crippen molar-refractivity contribution in [2.75, 3.05) is 29.9 Å². The first-order valence-electron chi connectivity index (χ1n) is 13.4. The van der Waals surface area contributed by atoms with Crippen LogP contribution in [0.2, 0.25) is 0 Å². The molecular formula is C31H31N3O3S. The predicted octanol–water partition coefficient (Wildman–Crippen LogP) is 6.89. The molecule has 0 saturated carbocycles. The lowest BCUT2D eigenvalue weighted by Gasteiger charge is -2.27. The van der Waals surface area contributed by atoms with Crippen molar-refractivity contribution in [3.05, 3.63) is 70.9 Å². The smallest absolute Gasteiger partial charge is 0.224 e. The molecule has 38 heavy (non-hydrogen) atoms. The molecule has 2 aromatic heterocycles. The fourth-order valence-electron chi connectivity index (χ4n) is 5.39. The number of nitrogens with two attached hydrogens (primary N) is 1. The van der Waals surface area contributed by atoms with E-state index in [1.165, 1.54) is 6.42 Å². The molecule has 3 aromatic carbocycles. The van der Waals surface area contributed by atoms with Crippen molar-refractivity contribution < 1.29 is 9.21 Å². The number of benzene rings is 3. The van der Waals surface area contributed by atoms with E-state index in [1.54, 1.807) is 17.4 Å². The average Bonchev–Trinajstić information content (AvgIpc) is 3.32. The Hall–Kier alpha value is -3.68. The molecule has 1 saturated heterocycles. The maximum absolute atomic E-state index is 13.1. The van der Waals surface area contributed by atoms with Gasteiger partial charge >= 0.3 is 0 Å². The van der Waals surface area contributed by atoms with E-state index in [0.29, 0.717) is 29.8 Å². The molecule has 0 unspecified atom stereocenters. The number of para-hydroxylation sites is 1. The van der Waals surface area contributed by atoms with Crippen molar-refractivity contribution in [1.82, 2.24) is 0 Å². The van der Waals surface area contributed by atoms with Crippen molar-refractivity contribution in [2.45, 2.75) is 38.5 Å². The molecule has 0 bridgehead atoms. The molecule has 194 valence electrons. The van der Waals surface area contributed by atoms with Crippen LogP contribution >= 0.6 is 11.3 Å². The second-order valence-electron chi connectivity index (χ2n) is 9.97. The Bertz CT molecular complexity index is 1700. The molecule has 6 rings (SSSR count). The molecule has 0 spiro atoms. The minimum absolute atomic E-state index is 0.00770. The number of hydrogen-bond acceptors (Lipinski definition) is 6. The van der Waals surface area contributed by atoms with Gasteiger partial charge in [0.25, 0.3) is 0 Å². The maximum atomic E-state index is 13.1. The molecule has 0 atom stereocenters. The Labute approximate surface area is 225 Å². The van der Waals surface area contributed by atoms with Gasteiger partial charge in [-0.25, -0.2) is 0 Å². The van der Waals surface area contributed by atoms with Crippen LogP contribution in [-0.4, -0.2) is 25.5 Å². The van der Waals surface area contributed by atoms with E-state index in [9.17, 15) is 9.59 Å². The van der Waals surface area contributed by atoms with Crippen LogP contribution in [0.3, 0.4) is 0 Å². The zero-order chi connectivity index (χ0) is 26.1. The maximum Gasteiger partial charge on any atom is 0.224 e. The number of hydrogen-bond donors (Lipinski definition) is 2. The Morgan fingerprint density at radius 1 is 0.921 bits per heavy atom. The minimum atomic E-state index is -0.0102. The van der Waals surface area contributed by atoms with Gasteiger partial charge in [-0.3, -0.25) is 9.59 Å². The van der Waals surface area contributed by atoms with Crippen LogP contribution in [0.15, 0.2) is 69.9 Å². The molecule has 5 aromatic rings. The molecule has 1 amide bonds. The van der Waals surface area contributed by atoms with Crippen molar-refractivity contribution in [3.8, 4) is 11.1 Å². The van der Waals surface area contributed by atoms with Gasteiger partial charge in [0.2, 0.25) is 5.91 Å². The number of rotatable bonds is 7. The molecule has 7 heteroatoms. The summed E-state index contributed by atoms with van der Waals surface area (Å²) in [7, 11) is 0. The first kappa shape index (κ1) is 24.6. The number of carbonyl (C=O) groups excluding carboxylic acids is 1. The number of nitrogens with zero attached hydrogens (tertiary/aromatic N) is 1. The summed E-state index contributed by atoms with van der Waals surface area (Å²) in [5.74, 6) is 0.665. The number of fused-ring (bicyclic) bond motifs is 4. The lowest BCUT2D eigenvalue weighted by atomic mass is 10.0. The monoisotopic (exact) mass is 525 g/mol. The van der Waals surface area contributed by atoms with E-state index in [2.05, 4.69) is 34.5 Å². The first-order valence-corrected chi connectivity index (χ1v) is 14.2. The lowest BCUT2D eigenvalue weighted by molar-refractivity contribution is -0.116. The number of nitrogens with one attached hydrogen (secondary N) is 1. The summed E-state index contributed by atoms with van der Waals surface area (Å²) in [6, 6.07) is 19.8. The van der Waals surface area contributed by atoms with Gasteiger partial charge in [-0.1, -0.05) is 30.3 Å². The topological polar surface area (TPSA) is 88.6 Å². The molecular weight excluding hydrogens is 494 g/mol. The lowest BCUT2D eigenvalue weighted by Crippen LogP contribution is -2.30. The molecule has 6 nitrogen and oxygen atoms in total. The van der Waals surface area contributed by atoms with E-state index in [0.717, 1.165) is 75.8 Å². The molecule has 1 fully saturated rings. The quantitative estimate of drug-likeness (QED) is 0.226. The van der Waals surface area contributed by atoms with E-state index < -0.39 is 0 Å². The van der Waals surface area contributed by atoms with Crippen LogP contribution in [0, 0.1) is 0 Å². The average molecular weight is 526 g/mol. The van der Waals surface area contributed by atoms with Gasteiger partial charge in [0.1, 0.15) is 5.58 Å². The normalized spacial score (nSPS) is 14.0. The summed E-state index contributed by atoms with van der Waals surface area (Å²) in [4.78, 5) is 27.7. The van der Waals surface area contributed by atoms with E-state index >= 15 is 0 Å². The van der Waals surface area contributed by atoms with Crippen molar-refractivity contribution in [1.29, 1.82) is 0 Å². The van der Waals surface area contributed by atoms with Crippen LogP contribution in [0.5, 0.6) is 0 Å². The standard InChI is InChI=1S/C31H31N3O3S/c32-15-3-2-12-28(36)33-20-13-14-27-25(18-20)23-10-7-9-22(31(23)38-27)21-8-6-11-24-26(35)19-29(37-30(21)24)34-16-4-1-5-17-34/h6-11,13-14,18-19H,1-5,12,15-17,32H2,(H,33,36). The number of unbranched alkanes of at least 4 members (excludes halogenated alkanes) is 1. The highest BCUT2D eigenvalue weighted by molar-refractivity contribution is 7.26. The Kier molecular flexibility index (Phi) is 6.87. The second kappa shape index (κ2) is 10.6. The van der Waals surface area contributed by atoms with Crippen LogP contribution in [-0.2, 0) is 4.79 Å². The second-order valence-corrected chi connectivity index (χ2v) is 11.0. The van der Waals surface area contributed by atoms with Crippen molar-refractivity contribution in [3.63, 3.8) is 0 Å². The first-order chi connectivity index (χ1) is 18.6. The van der Waals surface area contributed by atoms with Gasteiger partial charge in [-0.2, -0.15) is 0 Å². The third-order valence-electron chi connectivity index (χ3n) is 7.34. The largest absolute Gasteiger partial charge is 0.440 e. The number of thiophene rings is 1. The molecule has 3 heterocycles. The molecule has 0 radical (unpaired) electrons. The van der Waals surface area contributed by atoms with Crippen LogP contribution < -0.4 is 21.4 Å². The van der Waals surface area contributed by atoms with Crippen LogP contribution in [0.25, 0.3) is 42.3 Å². The van der Waals surface area contributed by atoms with Gasteiger partial charge in [0.15, 0.2) is 11.3 Å². The summed E-state index contributed by atoms with van der Waals surface area (Å²) < 4.78 is 8.74. The molecule has 1 aliphatic heterocycles. The van der Waals surface area contributed by atoms with Crippen molar-refractivity contribution >= 4 is 60.0 Å². The third-order valence-corrected chi connectivity index (χ3v) is 8.56. The highest BCUT2D eigenvalue weighted by atomic mass is 32.1. The highest BCUT2D eigenvalue weighted by Gasteiger charge is 2.19. The van der Waals surface area contributed by atoms with Crippen molar-refractivity contribution in [2.24, 2.45) is 5.73 Å². The zero-order valence-corrected chi connectivity index (χ0v) is 22.1. The van der Waals surface area contributed by atoms with Gasteiger partial charge in [-0.15, -0.1) is 11.3 Å². The zero-order valence-electron chi connectivity index (χ0n) is 21.3. The van der Waals surface area contributed by atoms with Gasteiger partial charge in [0, 0.05) is 62.6 Å². The Balaban J connectivity index is 1.43. The Morgan fingerprint density at radius 2 is 1.71 bits per heavy atom. The van der Waals surface area contributed by atoms with E-state index in [4.69, 9.17) is 10.2 Å². The van der Waals surface area contributed by atoms with Crippen LogP contribution in [0.1, 0.15) is 38.5 Å². The summed E-state index contributed by atoms with van der Waals surface area (Å²) in [6.45, 7) is 2.42. The number of carbonyl (C=O) groups is 1. The number of amides is 1. The molecule has 3 N–H and O–H groups in total. The highest BCUT2D eigenvalue weighted by Crippen LogP contribution is 2.42. The fraction of sp³-hybridized carbons (Fsp3) is 0.290. The summed E-state index contributed by atoms with van der Waals surface area (Å²) in [6.07, 6.45) is 5.54. The fourth-order valence-corrected chi connectivity index (χ4v) is 6.60. The number of piperidine rings is 1. The summed E-state index contributed by atoms with van der Waals surface area (Å²) >= 11 is 1.72. The van der Waals surface area contributed by atoms with Crippen LogP contribution in [0.4, 0.5) is 11.6 Å². The van der Waals surface area contributed by atoms with Gasteiger partial charge in [0.05, 0.1) is 5.39 Å². The molecule has 1 aliphatic rings. The number of anilines is 2. The van der Waals surface area contributed by atoms with Gasteiger partial charge < -0.3 is 20.4 Å². The SMILES string of the molecule is NCCCCC(=O)Nc1ccc2sc3c(-c4cccc5c(=O)cc(N6CCCCC6)oc45)cccc3c2c1. The minimum Gasteiger partial charge on any atom is -0.440 e. The third kappa shape index (κ3) is 4.68. The summed E-state index contributed by atoms with van der Waals surface area (Å²) in [5.41, 5.74) is 8.93.